The van der Waals surface area contributed by atoms with Crippen molar-refractivity contribution in [1.29, 1.82) is 0 Å². The number of carboxylic acid groups (broad SMARTS) is 1. The number of hydrogen-bond acceptors (Lipinski definition) is 4. The second kappa shape index (κ2) is 4.53. The van der Waals surface area contributed by atoms with Gasteiger partial charge >= 0.3 is 5.97 Å². The average Bonchev–Trinajstić information content (AvgIpc) is 2.58. The average molecular weight is 227 g/mol. The fourth-order valence-corrected chi connectivity index (χ4v) is 2.05. The second-order valence-electron chi connectivity index (χ2n) is 3.41. The summed E-state index contributed by atoms with van der Waals surface area (Å²) in [6.45, 7) is 5.34. The van der Waals surface area contributed by atoms with Crippen LogP contribution >= 0.6 is 11.3 Å². The number of ketones is 1. The van der Waals surface area contributed by atoms with Crippen molar-refractivity contribution in [2.45, 2.75) is 27.2 Å². The van der Waals surface area contributed by atoms with Crippen molar-refractivity contribution >= 4 is 23.1 Å². The summed E-state index contributed by atoms with van der Waals surface area (Å²) in [4.78, 5) is 26.6. The fourth-order valence-electron chi connectivity index (χ4n) is 1.10. The number of carbonyl (C=O) groups excluding carboxylic acids is 1. The molecule has 1 unspecified atom stereocenters. The molecule has 0 aliphatic carbocycles. The highest BCUT2D eigenvalue weighted by atomic mass is 32.1. The summed E-state index contributed by atoms with van der Waals surface area (Å²) >= 11 is 0.959. The van der Waals surface area contributed by atoms with E-state index in [1.807, 2.05) is 13.8 Å². The van der Waals surface area contributed by atoms with Gasteiger partial charge in [0.25, 0.3) is 0 Å². The largest absolute Gasteiger partial charge is 0.477 e. The summed E-state index contributed by atoms with van der Waals surface area (Å²) in [6, 6.07) is 0. The Bertz CT molecular complexity index is 397. The van der Waals surface area contributed by atoms with Gasteiger partial charge in [-0.15, -0.1) is 11.3 Å². The molecule has 0 saturated heterocycles. The number of aryl methyl sites for hydroxylation is 1. The predicted molar refractivity (Wildman–Crippen MR) is 57.6 cm³/mol. The number of carbonyl (C=O) groups is 2. The minimum atomic E-state index is -1.02. The molecule has 0 bridgehead atoms. The Labute approximate surface area is 92.0 Å². The van der Waals surface area contributed by atoms with Gasteiger partial charge in [0.1, 0.15) is 4.88 Å². The summed E-state index contributed by atoms with van der Waals surface area (Å²) in [7, 11) is 0. The summed E-state index contributed by atoms with van der Waals surface area (Å²) < 4.78 is 0. The smallest absolute Gasteiger partial charge is 0.347 e. The van der Waals surface area contributed by atoms with Crippen molar-refractivity contribution < 1.29 is 14.7 Å². The van der Waals surface area contributed by atoms with E-state index >= 15 is 0 Å². The normalized spacial score (nSPS) is 12.5. The molecule has 4 nitrogen and oxygen atoms in total. The van der Waals surface area contributed by atoms with E-state index in [1.165, 1.54) is 0 Å². The summed E-state index contributed by atoms with van der Waals surface area (Å²) in [5.74, 6) is -1.19. The number of aromatic carboxylic acids is 1. The first kappa shape index (κ1) is 11.8. The molecule has 1 N–H and O–H groups in total. The van der Waals surface area contributed by atoms with Crippen LogP contribution in [0.15, 0.2) is 0 Å². The van der Waals surface area contributed by atoms with Gasteiger partial charge in [-0.05, 0) is 13.3 Å². The molecule has 0 aromatic carbocycles. The summed E-state index contributed by atoms with van der Waals surface area (Å²) in [5, 5.41) is 9.12. The number of rotatable bonds is 4. The van der Waals surface area contributed by atoms with Crippen molar-refractivity contribution in [2.75, 3.05) is 0 Å². The SMILES string of the molecule is CCC(C)C(=O)c1nc(C)c(C(=O)O)s1. The minimum absolute atomic E-state index is 0.0712. The first-order valence-electron chi connectivity index (χ1n) is 4.72. The lowest BCUT2D eigenvalue weighted by Gasteiger charge is -2.02. The van der Waals surface area contributed by atoms with Crippen LogP contribution in [0.2, 0.25) is 0 Å². The second-order valence-corrected chi connectivity index (χ2v) is 4.41. The van der Waals surface area contributed by atoms with Gasteiger partial charge in [0.05, 0.1) is 5.69 Å². The number of Topliss-reactive ketones (excluding diaryl/α,β-unsaturated/α-hetero) is 1. The molecular weight excluding hydrogens is 214 g/mol. The third-order valence-corrected chi connectivity index (χ3v) is 3.42. The van der Waals surface area contributed by atoms with Crippen molar-refractivity contribution in [3.05, 3.63) is 15.6 Å². The Balaban J connectivity index is 3.02. The first-order valence-corrected chi connectivity index (χ1v) is 5.54. The summed E-state index contributed by atoms with van der Waals surface area (Å²) in [6.07, 6.45) is 0.736. The van der Waals surface area contributed by atoms with Crippen LogP contribution in [0.1, 0.15) is 45.4 Å². The van der Waals surface area contributed by atoms with Gasteiger partial charge in [0.15, 0.2) is 10.8 Å². The van der Waals surface area contributed by atoms with E-state index in [9.17, 15) is 9.59 Å². The maximum Gasteiger partial charge on any atom is 0.347 e. The zero-order chi connectivity index (χ0) is 11.6. The first-order chi connectivity index (χ1) is 6.97. The molecule has 0 amide bonds. The van der Waals surface area contributed by atoms with Crippen molar-refractivity contribution in [2.24, 2.45) is 5.92 Å². The Hall–Kier alpha value is -1.23. The monoisotopic (exact) mass is 227 g/mol. The highest BCUT2D eigenvalue weighted by Gasteiger charge is 2.21. The van der Waals surface area contributed by atoms with Gasteiger partial charge in [-0.2, -0.15) is 0 Å². The maximum atomic E-state index is 11.7. The van der Waals surface area contributed by atoms with E-state index in [-0.39, 0.29) is 16.6 Å². The molecule has 1 aromatic rings. The number of hydrogen-bond donors (Lipinski definition) is 1. The molecule has 1 rings (SSSR count). The highest BCUT2D eigenvalue weighted by Crippen LogP contribution is 2.21. The van der Waals surface area contributed by atoms with Gasteiger partial charge in [-0.1, -0.05) is 13.8 Å². The minimum Gasteiger partial charge on any atom is -0.477 e. The Morgan fingerprint density at radius 3 is 2.53 bits per heavy atom. The van der Waals surface area contributed by atoms with Gasteiger partial charge in [-0.3, -0.25) is 4.79 Å². The lowest BCUT2D eigenvalue weighted by molar-refractivity contribution is 0.0701. The number of thiazole rings is 1. The fraction of sp³-hybridized carbons (Fsp3) is 0.500. The maximum absolute atomic E-state index is 11.7. The molecule has 1 atom stereocenters. The molecule has 0 radical (unpaired) electrons. The molecule has 0 spiro atoms. The van der Waals surface area contributed by atoms with Crippen LogP contribution in [-0.4, -0.2) is 21.8 Å². The van der Waals surface area contributed by atoms with Gasteiger partial charge in [-0.25, -0.2) is 9.78 Å². The van der Waals surface area contributed by atoms with Crippen LogP contribution in [0, 0.1) is 12.8 Å². The van der Waals surface area contributed by atoms with Crippen LogP contribution in [0.5, 0.6) is 0 Å². The molecular formula is C10H13NO3S. The van der Waals surface area contributed by atoms with E-state index in [0.717, 1.165) is 17.8 Å². The molecule has 0 aliphatic rings. The molecule has 0 aliphatic heterocycles. The van der Waals surface area contributed by atoms with Gasteiger partial charge in [0.2, 0.25) is 0 Å². The molecule has 1 aromatic heterocycles. The number of carboxylic acids is 1. The molecule has 15 heavy (non-hydrogen) atoms. The molecule has 1 heterocycles. The third kappa shape index (κ3) is 2.41. The van der Waals surface area contributed by atoms with E-state index in [0.29, 0.717) is 10.7 Å². The van der Waals surface area contributed by atoms with Crippen LogP contribution < -0.4 is 0 Å². The molecule has 82 valence electrons. The zero-order valence-electron chi connectivity index (χ0n) is 8.90. The van der Waals surface area contributed by atoms with Crippen LogP contribution in [0.3, 0.4) is 0 Å². The Morgan fingerprint density at radius 2 is 2.13 bits per heavy atom. The van der Waals surface area contributed by atoms with Crippen molar-refractivity contribution in [3.63, 3.8) is 0 Å². The van der Waals surface area contributed by atoms with Crippen LogP contribution in [-0.2, 0) is 0 Å². The topological polar surface area (TPSA) is 67.3 Å². The molecule has 5 heteroatoms. The van der Waals surface area contributed by atoms with Crippen molar-refractivity contribution in [3.8, 4) is 0 Å². The predicted octanol–water partition coefficient (Wildman–Crippen LogP) is 2.38. The van der Waals surface area contributed by atoms with E-state index in [2.05, 4.69) is 4.98 Å². The molecule has 0 saturated carbocycles. The Morgan fingerprint density at radius 1 is 1.53 bits per heavy atom. The summed E-state index contributed by atoms with van der Waals surface area (Å²) in [5.41, 5.74) is 0.416. The quantitative estimate of drug-likeness (QED) is 0.802. The van der Waals surface area contributed by atoms with E-state index in [1.54, 1.807) is 6.92 Å². The highest BCUT2D eigenvalue weighted by molar-refractivity contribution is 7.15. The lowest BCUT2D eigenvalue weighted by Crippen LogP contribution is -2.09. The van der Waals surface area contributed by atoms with Crippen LogP contribution in [0.4, 0.5) is 0 Å². The van der Waals surface area contributed by atoms with Crippen LogP contribution in [0.25, 0.3) is 0 Å². The Kier molecular flexibility index (Phi) is 3.57. The lowest BCUT2D eigenvalue weighted by atomic mass is 10.0. The zero-order valence-corrected chi connectivity index (χ0v) is 9.72. The van der Waals surface area contributed by atoms with Gasteiger partial charge in [0, 0.05) is 5.92 Å². The molecule has 0 fully saturated rings. The standard InChI is InChI=1S/C10H13NO3S/c1-4-5(2)7(12)9-11-6(3)8(15-9)10(13)14/h5H,4H2,1-3H3,(H,13,14). The van der Waals surface area contributed by atoms with E-state index < -0.39 is 5.97 Å². The van der Waals surface area contributed by atoms with E-state index in [4.69, 9.17) is 5.11 Å². The number of aromatic nitrogens is 1. The van der Waals surface area contributed by atoms with Crippen molar-refractivity contribution in [1.82, 2.24) is 4.98 Å². The number of nitrogens with zero attached hydrogens (tertiary/aromatic N) is 1. The van der Waals surface area contributed by atoms with Gasteiger partial charge < -0.3 is 5.11 Å². The third-order valence-electron chi connectivity index (χ3n) is 2.26.